The van der Waals surface area contributed by atoms with Crippen LogP contribution in [0.3, 0.4) is 0 Å². The van der Waals surface area contributed by atoms with E-state index in [1.807, 2.05) is 49.8 Å². The molecule has 0 aliphatic carbocycles. The molecule has 2 rings (SSSR count). The number of aromatic nitrogens is 2. The number of hydrogen-bond donors (Lipinski definition) is 2. The molecule has 1 unspecified atom stereocenters. The highest BCUT2D eigenvalue weighted by Gasteiger charge is 2.17. The smallest absolute Gasteiger partial charge is 0.0626 e. The summed E-state index contributed by atoms with van der Waals surface area (Å²) in [7, 11) is 1.91. The number of benzene rings is 1. The first-order chi connectivity index (χ1) is 9.24. The van der Waals surface area contributed by atoms with Crippen LogP contribution in [-0.4, -0.2) is 21.5 Å². The second-order valence-corrected chi connectivity index (χ2v) is 4.72. The number of rotatable bonds is 6. The lowest BCUT2D eigenvalue weighted by atomic mass is 10.0. The third-order valence-electron chi connectivity index (χ3n) is 3.32. The van der Waals surface area contributed by atoms with Gasteiger partial charge in [-0.1, -0.05) is 37.3 Å². The average molecular weight is 259 g/mol. The number of hydrogen-bond acceptors (Lipinski definition) is 3. The Hall–Kier alpha value is -1.65. The Kier molecular flexibility index (Phi) is 4.71. The summed E-state index contributed by atoms with van der Waals surface area (Å²) in [5.74, 6) is 0. The molecule has 102 valence electrons. The van der Waals surface area contributed by atoms with Gasteiger partial charge in [0, 0.05) is 24.8 Å². The summed E-state index contributed by atoms with van der Waals surface area (Å²) in [5.41, 5.74) is 2.26. The van der Waals surface area contributed by atoms with E-state index < -0.39 is 0 Å². The molecular weight excluding hydrogens is 238 g/mol. The van der Waals surface area contributed by atoms with Crippen molar-refractivity contribution in [2.45, 2.75) is 25.4 Å². The van der Waals surface area contributed by atoms with Crippen LogP contribution in [0.15, 0.2) is 42.7 Å². The van der Waals surface area contributed by atoms with Crippen LogP contribution in [0.4, 0.5) is 0 Å². The summed E-state index contributed by atoms with van der Waals surface area (Å²) < 4.78 is 1.80. The largest absolute Gasteiger partial charge is 0.394 e. The van der Waals surface area contributed by atoms with Crippen molar-refractivity contribution in [1.82, 2.24) is 15.1 Å². The number of nitrogens with zero attached hydrogens (tertiary/aromatic N) is 2. The van der Waals surface area contributed by atoms with Crippen LogP contribution in [0.25, 0.3) is 0 Å². The fraction of sp³-hybridized carbons (Fsp3) is 0.400. The van der Waals surface area contributed by atoms with Gasteiger partial charge in [0.15, 0.2) is 0 Å². The molecule has 0 radical (unpaired) electrons. The fourth-order valence-corrected chi connectivity index (χ4v) is 2.25. The third-order valence-corrected chi connectivity index (χ3v) is 3.32. The molecule has 0 spiro atoms. The highest BCUT2D eigenvalue weighted by Crippen LogP contribution is 2.21. The number of aliphatic hydroxyl groups is 1. The van der Waals surface area contributed by atoms with Gasteiger partial charge < -0.3 is 10.4 Å². The second-order valence-electron chi connectivity index (χ2n) is 4.72. The predicted octanol–water partition coefficient (Wildman–Crippen LogP) is 2.19. The van der Waals surface area contributed by atoms with E-state index in [9.17, 15) is 5.11 Å². The molecule has 2 N–H and O–H groups in total. The Balaban J connectivity index is 2.12. The molecule has 1 aromatic carbocycles. The van der Waals surface area contributed by atoms with Gasteiger partial charge in [-0.05, 0) is 12.0 Å². The first-order valence-electron chi connectivity index (χ1n) is 6.65. The molecule has 2 aromatic rings. The maximum Gasteiger partial charge on any atom is 0.0626 e. The lowest BCUT2D eigenvalue weighted by Crippen LogP contribution is -2.28. The van der Waals surface area contributed by atoms with Crippen molar-refractivity contribution in [3.05, 3.63) is 53.9 Å². The van der Waals surface area contributed by atoms with Gasteiger partial charge in [0.05, 0.1) is 18.8 Å². The van der Waals surface area contributed by atoms with Gasteiger partial charge in [-0.3, -0.25) is 4.68 Å². The standard InChI is InChI=1S/C15H21N3O/c1-3-14(13-9-16-18(2)10-13)17-15(11-19)12-7-5-4-6-8-12/h4-10,14-15,17,19H,3,11H2,1-2H3/t14?,15-/m1/s1. The highest BCUT2D eigenvalue weighted by molar-refractivity contribution is 5.20. The van der Waals surface area contributed by atoms with E-state index in [1.54, 1.807) is 4.68 Å². The van der Waals surface area contributed by atoms with Gasteiger partial charge in [-0.15, -0.1) is 0 Å². The number of aliphatic hydroxyl groups excluding tert-OH is 1. The minimum atomic E-state index is -0.0497. The fourth-order valence-electron chi connectivity index (χ4n) is 2.25. The van der Waals surface area contributed by atoms with Crippen LogP contribution in [-0.2, 0) is 7.05 Å². The summed E-state index contributed by atoms with van der Waals surface area (Å²) in [6.45, 7) is 2.21. The molecule has 1 aromatic heterocycles. The Morgan fingerprint density at radius 1 is 1.21 bits per heavy atom. The number of nitrogens with one attached hydrogen (secondary N) is 1. The minimum absolute atomic E-state index is 0.0497. The molecule has 4 heteroatoms. The van der Waals surface area contributed by atoms with Gasteiger partial charge in [0.2, 0.25) is 0 Å². The second kappa shape index (κ2) is 6.50. The zero-order valence-electron chi connectivity index (χ0n) is 11.5. The molecule has 0 fully saturated rings. The lowest BCUT2D eigenvalue weighted by Gasteiger charge is -2.23. The Bertz CT molecular complexity index is 495. The molecule has 0 bridgehead atoms. The summed E-state index contributed by atoms with van der Waals surface area (Å²) in [4.78, 5) is 0. The quantitative estimate of drug-likeness (QED) is 0.836. The summed E-state index contributed by atoms with van der Waals surface area (Å²) in [6.07, 6.45) is 4.84. The van der Waals surface area contributed by atoms with Crippen LogP contribution < -0.4 is 5.32 Å². The van der Waals surface area contributed by atoms with Crippen LogP contribution in [0.1, 0.15) is 36.6 Å². The monoisotopic (exact) mass is 259 g/mol. The molecule has 2 atom stereocenters. The molecule has 0 aliphatic rings. The molecule has 19 heavy (non-hydrogen) atoms. The van der Waals surface area contributed by atoms with Gasteiger partial charge in [-0.25, -0.2) is 0 Å². The third kappa shape index (κ3) is 3.43. The number of aryl methyl sites for hydroxylation is 1. The van der Waals surface area contributed by atoms with Crippen LogP contribution in [0, 0.1) is 0 Å². The van der Waals surface area contributed by atoms with Gasteiger partial charge >= 0.3 is 0 Å². The van der Waals surface area contributed by atoms with Crippen molar-refractivity contribution in [2.24, 2.45) is 7.05 Å². The first kappa shape index (κ1) is 13.8. The van der Waals surface area contributed by atoms with E-state index >= 15 is 0 Å². The summed E-state index contributed by atoms with van der Waals surface area (Å²) >= 11 is 0. The van der Waals surface area contributed by atoms with E-state index in [0.717, 1.165) is 17.5 Å². The molecule has 0 aliphatic heterocycles. The molecule has 4 nitrogen and oxygen atoms in total. The Morgan fingerprint density at radius 2 is 1.95 bits per heavy atom. The highest BCUT2D eigenvalue weighted by atomic mass is 16.3. The van der Waals surface area contributed by atoms with Gasteiger partial charge in [-0.2, -0.15) is 5.10 Å². The zero-order valence-corrected chi connectivity index (χ0v) is 11.5. The zero-order chi connectivity index (χ0) is 13.7. The van der Waals surface area contributed by atoms with Crippen molar-refractivity contribution < 1.29 is 5.11 Å². The topological polar surface area (TPSA) is 50.1 Å². The summed E-state index contributed by atoms with van der Waals surface area (Å²) in [5, 5.41) is 17.3. The van der Waals surface area contributed by atoms with Crippen LogP contribution >= 0.6 is 0 Å². The van der Waals surface area contributed by atoms with Crippen LogP contribution in [0.2, 0.25) is 0 Å². The molecular formula is C15H21N3O. The first-order valence-corrected chi connectivity index (χ1v) is 6.65. The van der Waals surface area contributed by atoms with Crippen molar-refractivity contribution in [1.29, 1.82) is 0 Å². The van der Waals surface area contributed by atoms with E-state index in [4.69, 9.17) is 0 Å². The van der Waals surface area contributed by atoms with Crippen molar-refractivity contribution in [3.8, 4) is 0 Å². The van der Waals surface area contributed by atoms with Crippen molar-refractivity contribution in [3.63, 3.8) is 0 Å². The van der Waals surface area contributed by atoms with Crippen LogP contribution in [0.5, 0.6) is 0 Å². The van der Waals surface area contributed by atoms with E-state index in [2.05, 4.69) is 17.3 Å². The van der Waals surface area contributed by atoms with Gasteiger partial charge in [0.1, 0.15) is 0 Å². The molecule has 1 heterocycles. The maximum absolute atomic E-state index is 9.59. The maximum atomic E-state index is 9.59. The molecule has 0 amide bonds. The Labute approximate surface area is 114 Å². The molecule has 0 saturated heterocycles. The summed E-state index contributed by atoms with van der Waals surface area (Å²) in [6, 6.07) is 10.2. The van der Waals surface area contributed by atoms with Crippen molar-refractivity contribution in [2.75, 3.05) is 6.61 Å². The SMILES string of the molecule is CCC(N[C@H](CO)c1ccccc1)c1cnn(C)c1. The lowest BCUT2D eigenvalue weighted by molar-refractivity contribution is 0.232. The van der Waals surface area contributed by atoms with Gasteiger partial charge in [0.25, 0.3) is 0 Å². The van der Waals surface area contributed by atoms with E-state index in [0.29, 0.717) is 0 Å². The van der Waals surface area contributed by atoms with E-state index in [-0.39, 0.29) is 18.7 Å². The predicted molar refractivity (Wildman–Crippen MR) is 75.6 cm³/mol. The average Bonchev–Trinajstić information content (AvgIpc) is 2.88. The Morgan fingerprint density at radius 3 is 2.47 bits per heavy atom. The van der Waals surface area contributed by atoms with E-state index in [1.165, 1.54) is 0 Å². The van der Waals surface area contributed by atoms with Crippen molar-refractivity contribution >= 4 is 0 Å². The minimum Gasteiger partial charge on any atom is -0.394 e. The normalized spacial score (nSPS) is 14.3. The molecule has 0 saturated carbocycles.